The van der Waals surface area contributed by atoms with Crippen LogP contribution < -0.4 is 16.0 Å². The average molecular weight is 199 g/mol. The molecule has 2 aliphatic heterocycles. The Labute approximate surface area is 83.6 Å². The predicted molar refractivity (Wildman–Crippen MR) is 52.3 cm³/mol. The van der Waals surface area contributed by atoms with E-state index in [0.717, 1.165) is 26.2 Å². The van der Waals surface area contributed by atoms with E-state index >= 15 is 0 Å². The van der Waals surface area contributed by atoms with Crippen LogP contribution in [-0.4, -0.2) is 57.3 Å². The van der Waals surface area contributed by atoms with Crippen LogP contribution in [0.3, 0.4) is 0 Å². The summed E-state index contributed by atoms with van der Waals surface area (Å²) in [5, 5.41) is 9.55. The molecule has 0 saturated carbocycles. The van der Waals surface area contributed by atoms with Crippen molar-refractivity contribution in [1.29, 1.82) is 0 Å². The number of Topliss-reactive ketones (excluding diaryl/α,β-unsaturated/α-hetero) is 1. The van der Waals surface area contributed by atoms with Crippen LogP contribution >= 0.6 is 0 Å². The molecule has 0 radical (unpaired) electrons. The standard InChI is InChI=1S/C9H17N3O2/c13-9(7-5-10-1-2-12-7)8-6-11-3-4-14-8/h7-8,10-12H,1-6H2. The number of nitrogens with one attached hydrogen (secondary N) is 3. The molecule has 0 aromatic heterocycles. The molecule has 0 bridgehead atoms. The van der Waals surface area contributed by atoms with Gasteiger partial charge < -0.3 is 20.7 Å². The number of ketones is 1. The second-order valence-electron chi connectivity index (χ2n) is 3.68. The van der Waals surface area contributed by atoms with Crippen molar-refractivity contribution in [2.75, 3.05) is 39.3 Å². The molecule has 3 N–H and O–H groups in total. The normalized spacial score (nSPS) is 34.0. The lowest BCUT2D eigenvalue weighted by Gasteiger charge is -2.29. The van der Waals surface area contributed by atoms with Crippen molar-refractivity contribution < 1.29 is 9.53 Å². The largest absolute Gasteiger partial charge is 0.368 e. The molecule has 2 unspecified atom stereocenters. The number of hydrogen-bond acceptors (Lipinski definition) is 5. The summed E-state index contributed by atoms with van der Waals surface area (Å²) < 4.78 is 5.41. The highest BCUT2D eigenvalue weighted by molar-refractivity contribution is 5.88. The second-order valence-corrected chi connectivity index (χ2v) is 3.68. The molecule has 2 atom stereocenters. The molecule has 0 aliphatic carbocycles. The zero-order valence-electron chi connectivity index (χ0n) is 8.21. The average Bonchev–Trinajstić information content (AvgIpc) is 2.30. The topological polar surface area (TPSA) is 62.4 Å². The van der Waals surface area contributed by atoms with Crippen LogP contribution in [0.4, 0.5) is 0 Å². The molecule has 5 nitrogen and oxygen atoms in total. The number of piperazine rings is 1. The van der Waals surface area contributed by atoms with Gasteiger partial charge in [-0.1, -0.05) is 0 Å². The first-order valence-corrected chi connectivity index (χ1v) is 5.18. The number of carbonyl (C=O) groups excluding carboxylic acids is 1. The number of ether oxygens (including phenoxy) is 1. The Morgan fingerprint density at radius 1 is 1.14 bits per heavy atom. The molecule has 0 spiro atoms. The Hall–Kier alpha value is -0.490. The van der Waals surface area contributed by atoms with Gasteiger partial charge in [0, 0.05) is 32.7 Å². The summed E-state index contributed by atoms with van der Waals surface area (Å²) in [6.07, 6.45) is -0.263. The number of morpholine rings is 1. The zero-order valence-corrected chi connectivity index (χ0v) is 8.21. The first kappa shape index (κ1) is 10.0. The molecule has 2 saturated heterocycles. The van der Waals surface area contributed by atoms with Gasteiger partial charge in [-0.15, -0.1) is 0 Å². The predicted octanol–water partition coefficient (Wildman–Crippen LogP) is -1.89. The Balaban J connectivity index is 1.85. The van der Waals surface area contributed by atoms with Crippen molar-refractivity contribution in [3.63, 3.8) is 0 Å². The minimum absolute atomic E-state index is 0.0753. The van der Waals surface area contributed by atoms with E-state index in [1.54, 1.807) is 0 Å². The molecule has 5 heteroatoms. The van der Waals surface area contributed by atoms with E-state index in [4.69, 9.17) is 4.74 Å². The van der Waals surface area contributed by atoms with E-state index in [0.29, 0.717) is 13.2 Å². The smallest absolute Gasteiger partial charge is 0.180 e. The van der Waals surface area contributed by atoms with Crippen molar-refractivity contribution >= 4 is 5.78 Å². The van der Waals surface area contributed by atoms with Gasteiger partial charge in [-0.25, -0.2) is 0 Å². The van der Waals surface area contributed by atoms with Crippen LogP contribution in [0.2, 0.25) is 0 Å². The second kappa shape index (κ2) is 4.84. The molecule has 2 heterocycles. The number of hydrogen-bond donors (Lipinski definition) is 3. The summed E-state index contributed by atoms with van der Waals surface area (Å²) >= 11 is 0. The van der Waals surface area contributed by atoms with E-state index in [1.165, 1.54) is 0 Å². The quantitative estimate of drug-likeness (QED) is 0.485. The lowest BCUT2D eigenvalue weighted by Crippen LogP contribution is -2.57. The van der Waals surface area contributed by atoms with E-state index < -0.39 is 0 Å². The van der Waals surface area contributed by atoms with Crippen LogP contribution in [0, 0.1) is 0 Å². The Kier molecular flexibility index (Phi) is 3.47. The first-order valence-electron chi connectivity index (χ1n) is 5.18. The van der Waals surface area contributed by atoms with Crippen molar-refractivity contribution in [2.24, 2.45) is 0 Å². The Bertz CT molecular complexity index is 178. The fraction of sp³-hybridized carbons (Fsp3) is 0.889. The van der Waals surface area contributed by atoms with Crippen LogP contribution in [-0.2, 0) is 9.53 Å². The highest BCUT2D eigenvalue weighted by Crippen LogP contribution is 2.02. The minimum Gasteiger partial charge on any atom is -0.368 e. The molecule has 2 fully saturated rings. The molecular weight excluding hydrogens is 182 g/mol. The maximum Gasteiger partial charge on any atom is 0.180 e. The summed E-state index contributed by atoms with van der Waals surface area (Å²) in [7, 11) is 0. The van der Waals surface area contributed by atoms with Crippen molar-refractivity contribution in [3.05, 3.63) is 0 Å². The van der Waals surface area contributed by atoms with Gasteiger partial charge in [0.2, 0.25) is 0 Å². The fourth-order valence-corrected chi connectivity index (χ4v) is 1.83. The molecule has 0 amide bonds. The van der Waals surface area contributed by atoms with Gasteiger partial charge in [-0.3, -0.25) is 4.79 Å². The molecular formula is C9H17N3O2. The third kappa shape index (κ3) is 2.30. The third-order valence-corrected chi connectivity index (χ3v) is 2.63. The third-order valence-electron chi connectivity index (χ3n) is 2.63. The lowest BCUT2D eigenvalue weighted by molar-refractivity contribution is -0.134. The zero-order chi connectivity index (χ0) is 9.80. The Morgan fingerprint density at radius 3 is 2.64 bits per heavy atom. The summed E-state index contributed by atoms with van der Waals surface area (Å²) in [5.41, 5.74) is 0. The van der Waals surface area contributed by atoms with E-state index in [-0.39, 0.29) is 17.9 Å². The molecule has 80 valence electrons. The van der Waals surface area contributed by atoms with Crippen molar-refractivity contribution in [2.45, 2.75) is 12.1 Å². The van der Waals surface area contributed by atoms with Crippen molar-refractivity contribution in [1.82, 2.24) is 16.0 Å². The van der Waals surface area contributed by atoms with E-state index in [1.807, 2.05) is 0 Å². The maximum atomic E-state index is 11.9. The van der Waals surface area contributed by atoms with E-state index in [9.17, 15) is 4.79 Å². The van der Waals surface area contributed by atoms with Gasteiger partial charge in [-0.05, 0) is 0 Å². The number of carbonyl (C=O) groups is 1. The highest BCUT2D eigenvalue weighted by atomic mass is 16.5. The SMILES string of the molecule is O=C(C1CNCCN1)C1CNCCO1. The van der Waals surface area contributed by atoms with Crippen LogP contribution in [0.25, 0.3) is 0 Å². The highest BCUT2D eigenvalue weighted by Gasteiger charge is 2.29. The van der Waals surface area contributed by atoms with Gasteiger partial charge >= 0.3 is 0 Å². The Morgan fingerprint density at radius 2 is 2.00 bits per heavy atom. The van der Waals surface area contributed by atoms with Crippen LogP contribution in [0.15, 0.2) is 0 Å². The molecule has 0 aromatic carbocycles. The number of rotatable bonds is 2. The molecule has 0 aromatic rings. The monoisotopic (exact) mass is 199 g/mol. The molecule has 14 heavy (non-hydrogen) atoms. The molecule has 2 rings (SSSR count). The fourth-order valence-electron chi connectivity index (χ4n) is 1.83. The van der Waals surface area contributed by atoms with E-state index in [2.05, 4.69) is 16.0 Å². The van der Waals surface area contributed by atoms with Gasteiger partial charge in [0.25, 0.3) is 0 Å². The van der Waals surface area contributed by atoms with Gasteiger partial charge in [0.1, 0.15) is 6.10 Å². The molecule has 2 aliphatic rings. The van der Waals surface area contributed by atoms with Crippen LogP contribution in [0.5, 0.6) is 0 Å². The van der Waals surface area contributed by atoms with Crippen molar-refractivity contribution in [3.8, 4) is 0 Å². The van der Waals surface area contributed by atoms with Crippen LogP contribution in [0.1, 0.15) is 0 Å². The lowest BCUT2D eigenvalue weighted by atomic mass is 10.1. The summed E-state index contributed by atoms with van der Waals surface area (Å²) in [5.74, 6) is 0.171. The first-order chi connectivity index (χ1) is 6.88. The summed E-state index contributed by atoms with van der Waals surface area (Å²) in [6.45, 7) is 4.65. The summed E-state index contributed by atoms with van der Waals surface area (Å²) in [6, 6.07) is -0.0753. The van der Waals surface area contributed by atoms with Gasteiger partial charge in [-0.2, -0.15) is 0 Å². The maximum absolute atomic E-state index is 11.9. The van der Waals surface area contributed by atoms with Gasteiger partial charge in [0.05, 0.1) is 12.6 Å². The van der Waals surface area contributed by atoms with Gasteiger partial charge in [0.15, 0.2) is 5.78 Å². The summed E-state index contributed by atoms with van der Waals surface area (Å²) in [4.78, 5) is 11.9. The minimum atomic E-state index is -0.263.